The quantitative estimate of drug-likeness (QED) is 0.809. The predicted octanol–water partition coefficient (Wildman–Crippen LogP) is 2.91. The van der Waals surface area contributed by atoms with Crippen LogP contribution in [0.2, 0.25) is 5.02 Å². The average Bonchev–Trinajstić information content (AvgIpc) is 2.62. The fourth-order valence-corrected chi connectivity index (χ4v) is 1.54. The Balaban J connectivity index is 1.99. The molecule has 2 rings (SSSR count). The van der Waals surface area contributed by atoms with Crippen LogP contribution in [0.25, 0.3) is 0 Å². The Morgan fingerprint density at radius 3 is 3.00 bits per heavy atom. The van der Waals surface area contributed by atoms with Gasteiger partial charge in [0.15, 0.2) is 6.61 Å². The monoisotopic (exact) mass is 336 g/mol. The molecular weight excluding hydrogens is 330 g/mol. The number of benzene rings is 1. The largest absolute Gasteiger partial charge is 0.484 e. The summed E-state index contributed by atoms with van der Waals surface area (Å²) < 4.78 is 10.9. The Labute approximate surface area is 105 Å². The molecule has 1 heterocycles. The molecule has 0 atom stereocenters. The molecule has 0 aliphatic rings. The van der Waals surface area contributed by atoms with Crippen molar-refractivity contribution in [3.63, 3.8) is 0 Å². The molecule has 0 amide bonds. The van der Waals surface area contributed by atoms with Crippen LogP contribution in [0.5, 0.6) is 5.75 Å². The van der Waals surface area contributed by atoms with Crippen molar-refractivity contribution in [2.75, 3.05) is 0 Å². The van der Waals surface area contributed by atoms with E-state index in [1.54, 1.807) is 12.1 Å². The van der Waals surface area contributed by atoms with Crippen LogP contribution in [0.1, 0.15) is 5.89 Å². The van der Waals surface area contributed by atoms with Crippen LogP contribution in [-0.2, 0) is 6.61 Å². The molecule has 1 aromatic carbocycles. The number of ether oxygens (including phenoxy) is 1. The fraction of sp³-hybridized carbons (Fsp3) is 0.111. The normalized spacial score (nSPS) is 10.3. The first-order valence-corrected chi connectivity index (χ1v) is 5.56. The van der Waals surface area contributed by atoms with Crippen molar-refractivity contribution >= 4 is 34.2 Å². The molecule has 78 valence electrons. The maximum Gasteiger partial charge on any atom is 0.265 e. The molecule has 0 radical (unpaired) electrons. The maximum atomic E-state index is 5.80. The maximum absolute atomic E-state index is 5.80. The smallest absolute Gasteiger partial charge is 0.265 e. The molecule has 1 aromatic heterocycles. The summed E-state index contributed by atoms with van der Waals surface area (Å²) in [6.45, 7) is 0.246. The van der Waals surface area contributed by atoms with Gasteiger partial charge in [-0.25, -0.2) is 0 Å². The average molecular weight is 337 g/mol. The second-order valence-corrected chi connectivity index (χ2v) is 4.10. The molecule has 0 saturated heterocycles. The van der Waals surface area contributed by atoms with Crippen molar-refractivity contribution in [2.24, 2.45) is 0 Å². The number of halogens is 2. The molecule has 6 heteroatoms. The van der Waals surface area contributed by atoms with Gasteiger partial charge in [0.2, 0.25) is 3.83 Å². The highest BCUT2D eigenvalue weighted by Crippen LogP contribution is 2.18. The molecule has 0 aliphatic carbocycles. The number of hydrogen-bond donors (Lipinski definition) is 0. The first-order chi connectivity index (χ1) is 7.24. The van der Waals surface area contributed by atoms with Crippen LogP contribution in [0.4, 0.5) is 0 Å². The lowest BCUT2D eigenvalue weighted by molar-refractivity contribution is 0.242. The van der Waals surface area contributed by atoms with E-state index in [-0.39, 0.29) is 6.61 Å². The van der Waals surface area contributed by atoms with E-state index in [0.717, 1.165) is 0 Å². The van der Waals surface area contributed by atoms with Crippen LogP contribution < -0.4 is 4.74 Å². The van der Waals surface area contributed by atoms with Gasteiger partial charge in [-0.1, -0.05) is 22.8 Å². The Morgan fingerprint density at radius 1 is 1.47 bits per heavy atom. The van der Waals surface area contributed by atoms with E-state index in [1.165, 1.54) is 0 Å². The van der Waals surface area contributed by atoms with Crippen molar-refractivity contribution in [2.45, 2.75) is 6.61 Å². The summed E-state index contributed by atoms with van der Waals surface area (Å²) in [6.07, 6.45) is 0. The number of rotatable bonds is 3. The number of hydrogen-bond acceptors (Lipinski definition) is 4. The predicted molar refractivity (Wildman–Crippen MR) is 62.8 cm³/mol. The van der Waals surface area contributed by atoms with E-state index >= 15 is 0 Å². The second kappa shape index (κ2) is 4.80. The van der Waals surface area contributed by atoms with E-state index in [1.807, 2.05) is 34.7 Å². The van der Waals surface area contributed by atoms with Gasteiger partial charge in [0.1, 0.15) is 5.75 Å². The molecule has 15 heavy (non-hydrogen) atoms. The van der Waals surface area contributed by atoms with E-state index in [0.29, 0.717) is 20.5 Å². The van der Waals surface area contributed by atoms with Crippen molar-refractivity contribution < 1.29 is 9.26 Å². The van der Waals surface area contributed by atoms with Gasteiger partial charge in [-0.3, -0.25) is 0 Å². The lowest BCUT2D eigenvalue weighted by atomic mass is 10.3. The van der Waals surface area contributed by atoms with E-state index in [9.17, 15) is 0 Å². The zero-order valence-corrected chi connectivity index (χ0v) is 10.4. The van der Waals surface area contributed by atoms with Gasteiger partial charge < -0.3 is 9.26 Å². The lowest BCUT2D eigenvalue weighted by Crippen LogP contribution is -1.95. The second-order valence-electron chi connectivity index (χ2n) is 2.70. The SMILES string of the molecule is Clc1cccc(OCc2nc(I)no2)c1. The summed E-state index contributed by atoms with van der Waals surface area (Å²) in [6, 6.07) is 7.13. The summed E-state index contributed by atoms with van der Waals surface area (Å²) in [5.74, 6) is 1.12. The van der Waals surface area contributed by atoms with Crippen LogP contribution >= 0.6 is 34.2 Å². The molecule has 2 aromatic rings. The van der Waals surface area contributed by atoms with E-state index in [2.05, 4.69) is 10.1 Å². The molecule has 0 unspecified atom stereocenters. The molecular formula is C9H6ClIN2O2. The van der Waals surface area contributed by atoms with Gasteiger partial charge in [-0.05, 0) is 18.2 Å². The Hall–Kier alpha value is -0.820. The standard InChI is InChI=1S/C9H6ClIN2O2/c10-6-2-1-3-7(4-6)14-5-8-12-9(11)13-15-8/h1-4H,5H2. The molecule has 0 fully saturated rings. The van der Waals surface area contributed by atoms with Crippen molar-refractivity contribution in [1.29, 1.82) is 0 Å². The highest BCUT2D eigenvalue weighted by molar-refractivity contribution is 14.1. The Morgan fingerprint density at radius 2 is 2.33 bits per heavy atom. The van der Waals surface area contributed by atoms with Gasteiger partial charge in [0.25, 0.3) is 5.89 Å². The van der Waals surface area contributed by atoms with Crippen molar-refractivity contribution in [3.8, 4) is 5.75 Å². The highest BCUT2D eigenvalue weighted by Gasteiger charge is 2.04. The van der Waals surface area contributed by atoms with Crippen molar-refractivity contribution in [3.05, 3.63) is 39.0 Å². The Bertz CT molecular complexity index is 461. The third-order valence-electron chi connectivity index (χ3n) is 1.60. The van der Waals surface area contributed by atoms with Crippen LogP contribution in [0.15, 0.2) is 28.8 Å². The van der Waals surface area contributed by atoms with E-state index < -0.39 is 0 Å². The summed E-state index contributed by atoms with van der Waals surface area (Å²) in [5.41, 5.74) is 0. The molecule has 0 N–H and O–H groups in total. The van der Waals surface area contributed by atoms with E-state index in [4.69, 9.17) is 20.9 Å². The third-order valence-corrected chi connectivity index (χ3v) is 2.27. The minimum atomic E-state index is 0.246. The number of nitrogens with zero attached hydrogens (tertiary/aromatic N) is 2. The highest BCUT2D eigenvalue weighted by atomic mass is 127. The van der Waals surface area contributed by atoms with Gasteiger partial charge in [0, 0.05) is 27.6 Å². The molecule has 0 saturated carbocycles. The fourth-order valence-electron chi connectivity index (χ4n) is 0.995. The minimum Gasteiger partial charge on any atom is -0.484 e. The molecule has 0 bridgehead atoms. The van der Waals surface area contributed by atoms with Crippen LogP contribution in [0.3, 0.4) is 0 Å². The lowest BCUT2D eigenvalue weighted by Gasteiger charge is -2.02. The van der Waals surface area contributed by atoms with Crippen LogP contribution in [0, 0.1) is 3.83 Å². The molecule has 0 aliphatic heterocycles. The molecule has 0 spiro atoms. The van der Waals surface area contributed by atoms with Gasteiger partial charge in [0.05, 0.1) is 0 Å². The minimum absolute atomic E-state index is 0.246. The summed E-state index contributed by atoms with van der Waals surface area (Å²) in [4.78, 5) is 4.00. The van der Waals surface area contributed by atoms with Crippen LogP contribution in [-0.4, -0.2) is 10.1 Å². The zero-order valence-electron chi connectivity index (χ0n) is 7.48. The Kier molecular flexibility index (Phi) is 3.42. The summed E-state index contributed by atoms with van der Waals surface area (Å²) >= 11 is 7.77. The zero-order chi connectivity index (χ0) is 10.7. The third kappa shape index (κ3) is 3.07. The summed E-state index contributed by atoms with van der Waals surface area (Å²) in [5, 5.41) is 4.27. The number of aromatic nitrogens is 2. The van der Waals surface area contributed by atoms with Gasteiger partial charge in [-0.2, -0.15) is 4.98 Å². The topological polar surface area (TPSA) is 48.2 Å². The summed E-state index contributed by atoms with van der Waals surface area (Å²) in [7, 11) is 0. The molecule has 4 nitrogen and oxygen atoms in total. The van der Waals surface area contributed by atoms with Crippen molar-refractivity contribution in [1.82, 2.24) is 10.1 Å². The first kappa shape index (κ1) is 10.7. The van der Waals surface area contributed by atoms with Gasteiger partial charge in [-0.15, -0.1) is 0 Å². The first-order valence-electron chi connectivity index (χ1n) is 4.10. The van der Waals surface area contributed by atoms with Gasteiger partial charge >= 0.3 is 0 Å².